The van der Waals surface area contributed by atoms with Gasteiger partial charge in [-0.2, -0.15) is 24.7 Å². The maximum atomic E-state index is 8.62. The lowest BCUT2D eigenvalue weighted by Crippen LogP contribution is -2.10. The minimum Gasteiger partial charge on any atom is -0.463 e. The maximum Gasteiger partial charge on any atom is 0.323 e. The van der Waals surface area contributed by atoms with Gasteiger partial charge in [-0.05, 0) is 0 Å². The average Bonchev–Trinajstić information content (AvgIpc) is 2.82. The lowest BCUT2D eigenvalue weighted by atomic mass is 10.5. The molecule has 9 heteroatoms. The van der Waals surface area contributed by atoms with Crippen molar-refractivity contribution in [2.24, 2.45) is 0 Å². The molecule has 0 aromatic carbocycles. The lowest BCUT2D eigenvalue weighted by molar-refractivity contribution is 0.224. The van der Waals surface area contributed by atoms with Crippen molar-refractivity contribution in [1.29, 1.82) is 0 Å². The molecule has 0 aliphatic carbocycles. The SMILES string of the molecule is Nc1nc(OCCCO)nc(-n2cncn2)n1. The standard InChI is InChI=1S/C8H11N7O2/c9-6-12-7(15-5-10-4-11-15)14-8(13-6)17-3-1-2-16/h4-5,16H,1-3H2,(H2,9,12,13,14). The molecule has 0 aliphatic heterocycles. The number of ether oxygens (including phenoxy) is 1. The summed E-state index contributed by atoms with van der Waals surface area (Å²) in [5.74, 6) is 0.262. The average molecular weight is 237 g/mol. The van der Waals surface area contributed by atoms with Crippen molar-refractivity contribution < 1.29 is 9.84 Å². The fraction of sp³-hybridized carbons (Fsp3) is 0.375. The second kappa shape index (κ2) is 5.16. The van der Waals surface area contributed by atoms with E-state index in [0.717, 1.165) is 0 Å². The molecule has 2 aromatic rings. The Kier molecular flexibility index (Phi) is 3.40. The van der Waals surface area contributed by atoms with E-state index in [9.17, 15) is 0 Å². The molecule has 0 saturated carbocycles. The number of nitrogen functional groups attached to an aromatic ring is 1. The number of hydrogen-bond acceptors (Lipinski definition) is 8. The van der Waals surface area contributed by atoms with Crippen LogP contribution in [0.4, 0.5) is 5.95 Å². The first-order valence-corrected chi connectivity index (χ1v) is 4.90. The van der Waals surface area contributed by atoms with Crippen LogP contribution in [0, 0.1) is 0 Å². The Labute approximate surface area is 96.3 Å². The quantitative estimate of drug-likeness (QED) is 0.621. The minimum atomic E-state index is 0.0319. The highest BCUT2D eigenvalue weighted by atomic mass is 16.5. The van der Waals surface area contributed by atoms with E-state index in [1.807, 2.05) is 0 Å². The largest absolute Gasteiger partial charge is 0.463 e. The molecule has 0 aliphatic rings. The van der Waals surface area contributed by atoms with Crippen molar-refractivity contribution in [3.05, 3.63) is 12.7 Å². The highest BCUT2D eigenvalue weighted by Gasteiger charge is 2.07. The Bertz CT molecular complexity index is 473. The molecule has 2 rings (SSSR count). The number of aromatic nitrogens is 6. The molecule has 17 heavy (non-hydrogen) atoms. The van der Waals surface area contributed by atoms with Crippen LogP contribution in [-0.2, 0) is 0 Å². The van der Waals surface area contributed by atoms with Crippen LogP contribution in [-0.4, -0.2) is 48.0 Å². The van der Waals surface area contributed by atoms with Gasteiger partial charge in [-0.1, -0.05) is 0 Å². The van der Waals surface area contributed by atoms with E-state index in [0.29, 0.717) is 13.0 Å². The summed E-state index contributed by atoms with van der Waals surface area (Å²) in [4.78, 5) is 15.5. The topological polar surface area (TPSA) is 125 Å². The molecule has 0 radical (unpaired) electrons. The number of aliphatic hydroxyl groups excluding tert-OH is 1. The van der Waals surface area contributed by atoms with Crippen molar-refractivity contribution >= 4 is 5.95 Å². The first-order valence-electron chi connectivity index (χ1n) is 4.90. The summed E-state index contributed by atoms with van der Waals surface area (Å²) in [6.07, 6.45) is 3.28. The number of aliphatic hydroxyl groups is 1. The van der Waals surface area contributed by atoms with Gasteiger partial charge in [0, 0.05) is 13.0 Å². The van der Waals surface area contributed by atoms with Crippen molar-refractivity contribution in [2.45, 2.75) is 6.42 Å². The molecule has 0 fully saturated rings. The number of nitrogens with two attached hydrogens (primary N) is 1. The maximum absolute atomic E-state index is 8.62. The molecule has 0 unspecified atom stereocenters. The Hall–Kier alpha value is -2.29. The van der Waals surface area contributed by atoms with E-state index in [2.05, 4.69) is 25.0 Å². The van der Waals surface area contributed by atoms with Crippen LogP contribution in [0.1, 0.15) is 6.42 Å². The number of hydrogen-bond donors (Lipinski definition) is 2. The molecule has 2 aromatic heterocycles. The van der Waals surface area contributed by atoms with Gasteiger partial charge in [-0.25, -0.2) is 4.98 Å². The van der Waals surface area contributed by atoms with Crippen molar-refractivity contribution in [3.8, 4) is 12.0 Å². The van der Waals surface area contributed by atoms with Crippen LogP contribution in [0.5, 0.6) is 6.01 Å². The fourth-order valence-electron chi connectivity index (χ4n) is 1.07. The summed E-state index contributed by atoms with van der Waals surface area (Å²) >= 11 is 0. The summed E-state index contributed by atoms with van der Waals surface area (Å²) in [6.45, 7) is 0.341. The summed E-state index contributed by atoms with van der Waals surface area (Å²) in [5, 5.41) is 12.5. The van der Waals surface area contributed by atoms with E-state index >= 15 is 0 Å². The molecule has 9 nitrogen and oxygen atoms in total. The second-order valence-electron chi connectivity index (χ2n) is 3.04. The Balaban J connectivity index is 2.18. The second-order valence-corrected chi connectivity index (χ2v) is 3.04. The molecule has 2 heterocycles. The predicted octanol–water partition coefficient (Wildman–Crippen LogP) is -1.20. The molecule has 0 amide bonds. The molecule has 3 N–H and O–H groups in total. The summed E-state index contributed by atoms with van der Waals surface area (Å²) in [7, 11) is 0. The van der Waals surface area contributed by atoms with Gasteiger partial charge in [0.1, 0.15) is 12.7 Å². The van der Waals surface area contributed by atoms with Gasteiger partial charge in [-0.15, -0.1) is 0 Å². The number of nitrogens with zero attached hydrogens (tertiary/aromatic N) is 6. The van der Waals surface area contributed by atoms with Gasteiger partial charge in [0.25, 0.3) is 5.95 Å². The summed E-state index contributed by atoms with van der Waals surface area (Å²) < 4.78 is 6.55. The predicted molar refractivity (Wildman–Crippen MR) is 56.4 cm³/mol. The highest BCUT2D eigenvalue weighted by Crippen LogP contribution is 2.07. The zero-order valence-corrected chi connectivity index (χ0v) is 8.89. The molecule has 0 atom stereocenters. The molecule has 0 bridgehead atoms. The summed E-state index contributed by atoms with van der Waals surface area (Å²) in [6, 6.07) is 0.0939. The van der Waals surface area contributed by atoms with E-state index in [1.54, 1.807) is 0 Å². The van der Waals surface area contributed by atoms with Gasteiger partial charge in [0.15, 0.2) is 0 Å². The lowest BCUT2D eigenvalue weighted by Gasteiger charge is -2.05. The minimum absolute atomic E-state index is 0.0319. The molecular formula is C8H11N7O2. The van der Waals surface area contributed by atoms with Crippen LogP contribution in [0.25, 0.3) is 5.95 Å². The first-order chi connectivity index (χ1) is 8.29. The third-order valence-corrected chi connectivity index (χ3v) is 1.78. The van der Waals surface area contributed by atoms with E-state index in [-0.39, 0.29) is 24.5 Å². The van der Waals surface area contributed by atoms with Gasteiger partial charge in [0.2, 0.25) is 5.95 Å². The zero-order chi connectivity index (χ0) is 12.1. The van der Waals surface area contributed by atoms with Gasteiger partial charge >= 0.3 is 6.01 Å². The third-order valence-electron chi connectivity index (χ3n) is 1.78. The van der Waals surface area contributed by atoms with Crippen molar-refractivity contribution in [3.63, 3.8) is 0 Å². The monoisotopic (exact) mass is 237 g/mol. The van der Waals surface area contributed by atoms with Crippen LogP contribution in [0.3, 0.4) is 0 Å². The Morgan fingerprint density at radius 1 is 1.35 bits per heavy atom. The Morgan fingerprint density at radius 3 is 2.94 bits per heavy atom. The summed E-state index contributed by atoms with van der Waals surface area (Å²) in [5.41, 5.74) is 5.52. The van der Waals surface area contributed by atoms with Crippen LogP contribution in [0.15, 0.2) is 12.7 Å². The normalized spacial score (nSPS) is 10.4. The van der Waals surface area contributed by atoms with Crippen LogP contribution >= 0.6 is 0 Å². The zero-order valence-electron chi connectivity index (χ0n) is 8.89. The fourth-order valence-corrected chi connectivity index (χ4v) is 1.07. The third kappa shape index (κ3) is 2.84. The Morgan fingerprint density at radius 2 is 2.24 bits per heavy atom. The van der Waals surface area contributed by atoms with E-state index in [1.165, 1.54) is 17.3 Å². The number of rotatable bonds is 5. The van der Waals surface area contributed by atoms with Crippen molar-refractivity contribution in [1.82, 2.24) is 29.7 Å². The van der Waals surface area contributed by atoms with Crippen LogP contribution < -0.4 is 10.5 Å². The van der Waals surface area contributed by atoms with Crippen molar-refractivity contribution in [2.75, 3.05) is 18.9 Å². The molecular weight excluding hydrogens is 226 g/mol. The highest BCUT2D eigenvalue weighted by molar-refractivity contribution is 5.23. The first kappa shape index (κ1) is 11.2. The van der Waals surface area contributed by atoms with E-state index in [4.69, 9.17) is 15.6 Å². The van der Waals surface area contributed by atoms with Crippen LogP contribution in [0.2, 0.25) is 0 Å². The molecule has 0 spiro atoms. The number of anilines is 1. The van der Waals surface area contributed by atoms with Gasteiger partial charge in [-0.3, -0.25) is 0 Å². The molecule has 0 saturated heterocycles. The van der Waals surface area contributed by atoms with Gasteiger partial charge < -0.3 is 15.6 Å². The van der Waals surface area contributed by atoms with E-state index < -0.39 is 0 Å². The van der Waals surface area contributed by atoms with Gasteiger partial charge in [0.05, 0.1) is 6.61 Å². The smallest absolute Gasteiger partial charge is 0.323 e. The molecule has 90 valence electrons.